The van der Waals surface area contributed by atoms with Crippen LogP contribution in [-0.2, 0) is 9.53 Å². The first-order chi connectivity index (χ1) is 8.26. The van der Waals surface area contributed by atoms with E-state index in [4.69, 9.17) is 10.00 Å². The number of rotatable bonds is 3. The first-order valence-corrected chi connectivity index (χ1v) is 6.79. The van der Waals surface area contributed by atoms with E-state index in [1.54, 1.807) is 0 Å². The second-order valence-corrected chi connectivity index (χ2v) is 6.11. The lowest BCUT2D eigenvalue weighted by Gasteiger charge is -2.54. The molecule has 0 saturated heterocycles. The number of carbonyl (C=O) groups excluding carboxylic acids is 1. The molecule has 4 aliphatic rings. The number of nitrogens with zero attached hydrogens (tertiary/aromatic N) is 1. The molecule has 3 nitrogen and oxygen atoms in total. The van der Waals surface area contributed by atoms with E-state index in [1.165, 1.54) is 32.1 Å². The normalized spacial score (nSPS) is 42.2. The zero-order valence-electron chi connectivity index (χ0n) is 10.1. The summed E-state index contributed by atoms with van der Waals surface area (Å²) in [6.07, 6.45) is 6.77. The highest BCUT2D eigenvalue weighted by molar-refractivity contribution is 5.71. The fourth-order valence-corrected chi connectivity index (χ4v) is 4.61. The fourth-order valence-electron chi connectivity index (χ4n) is 4.61. The summed E-state index contributed by atoms with van der Waals surface area (Å²) in [5.74, 6) is 3.75. The van der Waals surface area contributed by atoms with Crippen molar-refractivity contribution in [3.63, 3.8) is 0 Å². The van der Waals surface area contributed by atoms with Gasteiger partial charge in [0.25, 0.3) is 0 Å². The van der Waals surface area contributed by atoms with Crippen molar-refractivity contribution in [1.29, 1.82) is 5.26 Å². The summed E-state index contributed by atoms with van der Waals surface area (Å²) >= 11 is 0. The monoisotopic (exact) mass is 233 g/mol. The molecule has 0 aromatic heterocycles. The van der Waals surface area contributed by atoms with E-state index in [0.717, 1.165) is 23.7 Å². The van der Waals surface area contributed by atoms with Crippen LogP contribution >= 0.6 is 0 Å². The zero-order valence-corrected chi connectivity index (χ0v) is 10.1. The summed E-state index contributed by atoms with van der Waals surface area (Å²) < 4.78 is 5.25. The summed E-state index contributed by atoms with van der Waals surface area (Å²) in [6.45, 7) is 0.565. The van der Waals surface area contributed by atoms with E-state index in [9.17, 15) is 4.79 Å². The zero-order chi connectivity index (χ0) is 11.8. The standard InChI is InChI=1S/C14H19NO2/c15-2-1-14(16)17-8-13-11-4-9-3-10(6-11)7-12(13)5-9/h9-13H,1,3-8H2. The molecule has 0 N–H and O–H groups in total. The maximum atomic E-state index is 11.2. The molecule has 0 unspecified atom stereocenters. The predicted octanol–water partition coefficient (Wildman–Crippen LogP) is 2.52. The Bertz CT molecular complexity index is 330. The van der Waals surface area contributed by atoms with Crippen LogP contribution in [0, 0.1) is 40.9 Å². The molecule has 17 heavy (non-hydrogen) atoms. The van der Waals surface area contributed by atoms with Crippen LogP contribution in [0.25, 0.3) is 0 Å². The average Bonchev–Trinajstić information content (AvgIpc) is 2.27. The van der Waals surface area contributed by atoms with Gasteiger partial charge in [0, 0.05) is 0 Å². The van der Waals surface area contributed by atoms with Crippen molar-refractivity contribution in [2.24, 2.45) is 29.6 Å². The van der Waals surface area contributed by atoms with Crippen LogP contribution < -0.4 is 0 Å². The third-order valence-corrected chi connectivity index (χ3v) is 5.08. The third-order valence-electron chi connectivity index (χ3n) is 5.08. The summed E-state index contributed by atoms with van der Waals surface area (Å²) in [6, 6.07) is 1.85. The Labute approximate surface area is 102 Å². The maximum absolute atomic E-state index is 11.2. The molecule has 4 aliphatic carbocycles. The minimum Gasteiger partial charge on any atom is -0.465 e. The third kappa shape index (κ3) is 2.06. The van der Waals surface area contributed by atoms with Crippen LogP contribution in [0.3, 0.4) is 0 Å². The van der Waals surface area contributed by atoms with Gasteiger partial charge in [0.2, 0.25) is 0 Å². The van der Waals surface area contributed by atoms with Crippen LogP contribution in [0.2, 0.25) is 0 Å². The summed E-state index contributed by atoms with van der Waals surface area (Å²) in [7, 11) is 0. The lowest BCUT2D eigenvalue weighted by atomic mass is 9.52. The van der Waals surface area contributed by atoms with Gasteiger partial charge in [-0.25, -0.2) is 0 Å². The fraction of sp³-hybridized carbons (Fsp3) is 0.857. The number of esters is 1. The first kappa shape index (κ1) is 11.1. The number of ether oxygens (including phenoxy) is 1. The van der Waals surface area contributed by atoms with Crippen LogP contribution in [0.15, 0.2) is 0 Å². The van der Waals surface area contributed by atoms with Crippen molar-refractivity contribution in [1.82, 2.24) is 0 Å². The van der Waals surface area contributed by atoms with E-state index >= 15 is 0 Å². The average molecular weight is 233 g/mol. The molecule has 92 valence electrons. The molecule has 4 rings (SSSR count). The molecule has 0 radical (unpaired) electrons. The van der Waals surface area contributed by atoms with E-state index in [0.29, 0.717) is 12.5 Å². The van der Waals surface area contributed by atoms with Gasteiger partial charge in [-0.2, -0.15) is 5.26 Å². The van der Waals surface area contributed by atoms with Crippen molar-refractivity contribution < 1.29 is 9.53 Å². The molecule has 4 bridgehead atoms. The van der Waals surface area contributed by atoms with Gasteiger partial charge in [-0.05, 0) is 61.7 Å². The number of carbonyl (C=O) groups is 1. The lowest BCUT2D eigenvalue weighted by Crippen LogP contribution is -2.46. The minimum absolute atomic E-state index is 0.104. The van der Waals surface area contributed by atoms with Crippen LogP contribution in [0.4, 0.5) is 0 Å². The maximum Gasteiger partial charge on any atom is 0.320 e. The quantitative estimate of drug-likeness (QED) is 0.704. The Hall–Kier alpha value is -1.04. The van der Waals surface area contributed by atoms with Crippen molar-refractivity contribution in [3.05, 3.63) is 0 Å². The lowest BCUT2D eigenvalue weighted by molar-refractivity contribution is -0.149. The second-order valence-electron chi connectivity index (χ2n) is 6.11. The van der Waals surface area contributed by atoms with E-state index in [1.807, 2.05) is 6.07 Å². The Morgan fingerprint density at radius 2 is 1.71 bits per heavy atom. The van der Waals surface area contributed by atoms with Crippen molar-refractivity contribution >= 4 is 5.97 Å². The first-order valence-electron chi connectivity index (χ1n) is 6.79. The van der Waals surface area contributed by atoms with Crippen molar-refractivity contribution in [2.75, 3.05) is 6.61 Å². The molecule has 4 saturated carbocycles. The largest absolute Gasteiger partial charge is 0.465 e. The SMILES string of the molecule is N#CCC(=O)OCC1C2CC3CC(C2)CC1C3. The Kier molecular flexibility index (Phi) is 2.82. The summed E-state index contributed by atoms with van der Waals surface area (Å²) in [5.41, 5.74) is 0. The molecule has 0 atom stereocenters. The van der Waals surface area contributed by atoms with Crippen LogP contribution in [0.5, 0.6) is 0 Å². The van der Waals surface area contributed by atoms with Gasteiger partial charge in [0.15, 0.2) is 0 Å². The van der Waals surface area contributed by atoms with E-state index in [-0.39, 0.29) is 12.4 Å². The Balaban J connectivity index is 1.57. The molecular formula is C14H19NO2. The molecular weight excluding hydrogens is 214 g/mol. The van der Waals surface area contributed by atoms with Gasteiger partial charge in [0.05, 0.1) is 12.7 Å². The highest BCUT2D eigenvalue weighted by Gasteiger charge is 2.48. The van der Waals surface area contributed by atoms with E-state index < -0.39 is 0 Å². The molecule has 0 aliphatic heterocycles. The van der Waals surface area contributed by atoms with Gasteiger partial charge in [-0.3, -0.25) is 4.79 Å². The van der Waals surface area contributed by atoms with Crippen molar-refractivity contribution in [2.45, 2.75) is 38.5 Å². The van der Waals surface area contributed by atoms with Gasteiger partial charge >= 0.3 is 5.97 Å². The smallest absolute Gasteiger partial charge is 0.320 e. The Morgan fingerprint density at radius 1 is 1.12 bits per heavy atom. The van der Waals surface area contributed by atoms with Crippen LogP contribution in [-0.4, -0.2) is 12.6 Å². The minimum atomic E-state index is -0.346. The highest BCUT2D eigenvalue weighted by atomic mass is 16.5. The van der Waals surface area contributed by atoms with E-state index in [2.05, 4.69) is 0 Å². The topological polar surface area (TPSA) is 50.1 Å². The molecule has 0 aromatic rings. The number of hydrogen-bond acceptors (Lipinski definition) is 3. The molecule has 0 heterocycles. The summed E-state index contributed by atoms with van der Waals surface area (Å²) in [4.78, 5) is 11.2. The predicted molar refractivity (Wildman–Crippen MR) is 61.7 cm³/mol. The number of nitriles is 1. The Morgan fingerprint density at radius 3 is 2.24 bits per heavy atom. The molecule has 4 fully saturated rings. The van der Waals surface area contributed by atoms with Gasteiger partial charge in [-0.1, -0.05) is 0 Å². The molecule has 0 amide bonds. The second kappa shape index (κ2) is 4.33. The van der Waals surface area contributed by atoms with Gasteiger partial charge in [-0.15, -0.1) is 0 Å². The molecule has 0 spiro atoms. The molecule has 3 heteroatoms. The van der Waals surface area contributed by atoms with Crippen molar-refractivity contribution in [3.8, 4) is 6.07 Å². The number of hydrogen-bond donors (Lipinski definition) is 0. The molecule has 0 aromatic carbocycles. The van der Waals surface area contributed by atoms with Gasteiger partial charge < -0.3 is 4.74 Å². The van der Waals surface area contributed by atoms with Crippen LogP contribution in [0.1, 0.15) is 38.5 Å². The summed E-state index contributed by atoms with van der Waals surface area (Å²) in [5, 5.41) is 8.42. The van der Waals surface area contributed by atoms with Gasteiger partial charge in [0.1, 0.15) is 6.42 Å². The highest BCUT2D eigenvalue weighted by Crippen LogP contribution is 2.56.